The van der Waals surface area contributed by atoms with Crippen LogP contribution in [0.5, 0.6) is 0 Å². The fourth-order valence-corrected chi connectivity index (χ4v) is 4.83. The monoisotopic (exact) mass is 585 g/mol. The predicted octanol–water partition coefficient (Wildman–Crippen LogP) is 1.50. The van der Waals surface area contributed by atoms with Gasteiger partial charge in [-0.1, -0.05) is 48.5 Å². The van der Waals surface area contributed by atoms with Gasteiger partial charge in [0.2, 0.25) is 17.7 Å². The smallest absolute Gasteiger partial charge is 0.326 e. The number of aromatic amines is 1. The van der Waals surface area contributed by atoms with Crippen LogP contribution in [0.1, 0.15) is 17.5 Å². The molecule has 12 heteroatoms. The molecule has 1 aromatic heterocycles. The van der Waals surface area contributed by atoms with Crippen LogP contribution in [-0.4, -0.2) is 75.7 Å². The maximum atomic E-state index is 13.6. The zero-order valence-corrected chi connectivity index (χ0v) is 23.8. The van der Waals surface area contributed by atoms with E-state index in [0.717, 1.165) is 22.0 Å². The average molecular weight is 586 g/mol. The molecule has 7 N–H and O–H groups in total. The molecule has 4 atom stereocenters. The molecule has 10 nitrogen and oxygen atoms in total. The number of hydrogen-bond acceptors (Lipinski definition) is 7. The highest BCUT2D eigenvalue weighted by Crippen LogP contribution is 2.19. The Morgan fingerprint density at radius 2 is 1.50 bits per heavy atom. The van der Waals surface area contributed by atoms with Gasteiger partial charge in [0.1, 0.15) is 18.1 Å². The number of aliphatic carboxylic acids is 1. The summed E-state index contributed by atoms with van der Waals surface area (Å²) in [6, 6.07) is 12.5. The summed E-state index contributed by atoms with van der Waals surface area (Å²) in [6.07, 6.45) is 4.09. The summed E-state index contributed by atoms with van der Waals surface area (Å²) in [5.74, 6) is -2.32. The number of fused-ring (bicyclic) bond motifs is 1. The molecule has 0 aliphatic rings. The van der Waals surface area contributed by atoms with Gasteiger partial charge in [-0.2, -0.15) is 24.4 Å². The minimum atomic E-state index is -1.16. The number of benzene rings is 2. The van der Waals surface area contributed by atoms with Crippen LogP contribution < -0.4 is 21.7 Å². The number of amides is 3. The number of nitrogens with one attached hydrogen (secondary N) is 4. The summed E-state index contributed by atoms with van der Waals surface area (Å²) in [5, 5.41) is 18.6. The van der Waals surface area contributed by atoms with Crippen LogP contribution in [0.15, 0.2) is 60.8 Å². The molecule has 1 heterocycles. The van der Waals surface area contributed by atoms with Gasteiger partial charge in [0, 0.05) is 35.7 Å². The van der Waals surface area contributed by atoms with Crippen molar-refractivity contribution in [3.05, 3.63) is 71.9 Å². The zero-order chi connectivity index (χ0) is 29.1. The predicted molar refractivity (Wildman–Crippen MR) is 160 cm³/mol. The molecule has 40 heavy (non-hydrogen) atoms. The summed E-state index contributed by atoms with van der Waals surface area (Å²) in [5.41, 5.74) is 8.26. The van der Waals surface area contributed by atoms with E-state index in [9.17, 15) is 24.3 Å². The van der Waals surface area contributed by atoms with E-state index in [2.05, 4.69) is 33.6 Å². The number of carbonyl (C=O) groups excluding carboxylic acids is 3. The third-order valence-electron chi connectivity index (χ3n) is 6.41. The highest BCUT2D eigenvalue weighted by molar-refractivity contribution is 7.98. The number of hydrogen-bond donors (Lipinski definition) is 7. The maximum absolute atomic E-state index is 13.6. The Morgan fingerprint density at radius 3 is 2.15 bits per heavy atom. The number of para-hydroxylation sites is 1. The van der Waals surface area contributed by atoms with Crippen molar-refractivity contribution in [3.8, 4) is 0 Å². The van der Waals surface area contributed by atoms with Gasteiger partial charge in [-0.15, -0.1) is 0 Å². The second kappa shape index (κ2) is 15.3. The first kappa shape index (κ1) is 31.1. The van der Waals surface area contributed by atoms with Gasteiger partial charge in [-0.3, -0.25) is 14.4 Å². The van der Waals surface area contributed by atoms with Crippen molar-refractivity contribution in [2.24, 2.45) is 5.73 Å². The molecule has 0 fully saturated rings. The Hall–Kier alpha value is -3.48. The fourth-order valence-electron chi connectivity index (χ4n) is 4.19. The van der Waals surface area contributed by atoms with Crippen LogP contribution >= 0.6 is 24.4 Å². The van der Waals surface area contributed by atoms with Crippen molar-refractivity contribution in [2.75, 3.05) is 17.8 Å². The summed E-state index contributed by atoms with van der Waals surface area (Å²) in [7, 11) is 0. The van der Waals surface area contributed by atoms with E-state index in [-0.39, 0.29) is 25.0 Å². The van der Waals surface area contributed by atoms with Crippen molar-refractivity contribution in [2.45, 2.75) is 43.4 Å². The quantitative estimate of drug-likeness (QED) is 0.133. The van der Waals surface area contributed by atoms with E-state index >= 15 is 0 Å². The van der Waals surface area contributed by atoms with Gasteiger partial charge >= 0.3 is 5.97 Å². The van der Waals surface area contributed by atoms with Gasteiger partial charge in [-0.25, -0.2) is 4.79 Å². The third-order valence-corrected chi connectivity index (χ3v) is 7.44. The van der Waals surface area contributed by atoms with Crippen LogP contribution in [-0.2, 0) is 32.0 Å². The second-order valence-corrected chi connectivity index (χ2v) is 10.7. The summed E-state index contributed by atoms with van der Waals surface area (Å²) in [6.45, 7) is 0. The number of carbonyl (C=O) groups is 4. The first-order valence-corrected chi connectivity index (χ1v) is 14.8. The highest BCUT2D eigenvalue weighted by Gasteiger charge is 2.31. The van der Waals surface area contributed by atoms with Crippen molar-refractivity contribution in [3.63, 3.8) is 0 Å². The summed E-state index contributed by atoms with van der Waals surface area (Å²) >= 11 is 5.54. The van der Waals surface area contributed by atoms with Gasteiger partial charge in [-0.05, 0) is 35.6 Å². The second-order valence-electron chi connectivity index (χ2n) is 9.35. The lowest BCUT2D eigenvalue weighted by Crippen LogP contribution is -2.58. The Morgan fingerprint density at radius 1 is 0.900 bits per heavy atom. The van der Waals surface area contributed by atoms with E-state index in [1.807, 2.05) is 60.9 Å². The molecule has 214 valence electrons. The van der Waals surface area contributed by atoms with Crippen LogP contribution in [0, 0.1) is 0 Å². The number of aromatic nitrogens is 1. The minimum absolute atomic E-state index is 0.0870. The maximum Gasteiger partial charge on any atom is 0.326 e. The minimum Gasteiger partial charge on any atom is -0.480 e. The zero-order valence-electron chi connectivity index (χ0n) is 22.1. The summed E-state index contributed by atoms with van der Waals surface area (Å²) in [4.78, 5) is 54.6. The topological polar surface area (TPSA) is 166 Å². The Labute approximate surface area is 242 Å². The lowest BCUT2D eigenvalue weighted by molar-refractivity contribution is -0.142. The molecule has 4 unspecified atom stereocenters. The molecule has 0 aliphatic carbocycles. The Kier molecular flexibility index (Phi) is 11.9. The van der Waals surface area contributed by atoms with Crippen LogP contribution in [0.4, 0.5) is 0 Å². The van der Waals surface area contributed by atoms with Gasteiger partial charge in [0.05, 0.1) is 6.04 Å². The standard InChI is InChI=1S/C28H35N5O5S2/c1-40-12-11-22(28(37)38)31-27(36)24(14-18-15-30-21-10-6-5-9-19(18)21)33-26(35)23(32-25(34)20(29)16-39)13-17-7-3-2-4-8-17/h2-10,15,20,22-24,30,39H,11-14,16,29H2,1H3,(H,31,36)(H,32,34)(H,33,35)(H,37,38). The van der Waals surface area contributed by atoms with E-state index in [0.29, 0.717) is 5.75 Å². The molecule has 0 radical (unpaired) electrons. The van der Waals surface area contributed by atoms with Crippen LogP contribution in [0.3, 0.4) is 0 Å². The van der Waals surface area contributed by atoms with Gasteiger partial charge < -0.3 is 31.8 Å². The lowest BCUT2D eigenvalue weighted by Gasteiger charge is -2.25. The molecule has 0 saturated heterocycles. The largest absolute Gasteiger partial charge is 0.480 e. The molecule has 0 bridgehead atoms. The number of carboxylic acid groups (broad SMARTS) is 1. The third kappa shape index (κ3) is 8.77. The lowest BCUT2D eigenvalue weighted by atomic mass is 10.0. The number of H-pyrrole nitrogens is 1. The molecular weight excluding hydrogens is 550 g/mol. The first-order valence-electron chi connectivity index (χ1n) is 12.8. The number of carboxylic acids is 1. The molecular formula is C28H35N5O5S2. The van der Waals surface area contributed by atoms with E-state index in [1.54, 1.807) is 6.20 Å². The first-order chi connectivity index (χ1) is 19.2. The van der Waals surface area contributed by atoms with E-state index < -0.39 is 47.9 Å². The average Bonchev–Trinajstić information content (AvgIpc) is 3.36. The highest BCUT2D eigenvalue weighted by atomic mass is 32.2. The molecule has 0 spiro atoms. The fraction of sp³-hybridized carbons (Fsp3) is 0.357. The van der Waals surface area contributed by atoms with Crippen molar-refractivity contribution in [1.29, 1.82) is 0 Å². The van der Waals surface area contributed by atoms with E-state index in [1.165, 1.54) is 11.8 Å². The normalized spacial score (nSPS) is 14.1. The number of thiol groups is 1. The molecule has 0 saturated carbocycles. The SMILES string of the molecule is CSCCC(NC(=O)C(Cc1c[nH]c2ccccc12)NC(=O)C(Cc1ccccc1)NC(=O)C(N)CS)C(=O)O. The van der Waals surface area contributed by atoms with Crippen LogP contribution in [0.25, 0.3) is 10.9 Å². The Bertz CT molecular complexity index is 1300. The molecule has 3 amide bonds. The molecule has 3 aromatic rings. The molecule has 3 rings (SSSR count). The molecule has 0 aliphatic heterocycles. The van der Waals surface area contributed by atoms with Gasteiger partial charge in [0.25, 0.3) is 0 Å². The Balaban J connectivity index is 1.88. The molecule has 2 aromatic carbocycles. The van der Waals surface area contributed by atoms with Crippen molar-refractivity contribution >= 4 is 59.0 Å². The number of nitrogens with two attached hydrogens (primary N) is 1. The number of thioether (sulfide) groups is 1. The van der Waals surface area contributed by atoms with E-state index in [4.69, 9.17) is 5.73 Å². The van der Waals surface area contributed by atoms with Gasteiger partial charge in [0.15, 0.2) is 0 Å². The van der Waals surface area contributed by atoms with Crippen molar-refractivity contribution in [1.82, 2.24) is 20.9 Å². The van der Waals surface area contributed by atoms with Crippen LogP contribution in [0.2, 0.25) is 0 Å². The van der Waals surface area contributed by atoms with Crippen molar-refractivity contribution < 1.29 is 24.3 Å². The number of rotatable bonds is 15. The summed E-state index contributed by atoms with van der Waals surface area (Å²) < 4.78 is 0.